The van der Waals surface area contributed by atoms with Gasteiger partial charge in [0.05, 0.1) is 0 Å². The van der Waals surface area contributed by atoms with E-state index in [4.69, 9.17) is 14.2 Å². The Morgan fingerprint density at radius 2 is 2.38 bits per heavy atom. The van der Waals surface area contributed by atoms with Gasteiger partial charge >= 0.3 is 0 Å². The lowest BCUT2D eigenvalue weighted by Crippen LogP contribution is -2.12. The number of hydrogen-bond donors (Lipinski definition) is 0. The number of rotatable bonds is 1. The third-order valence-electron chi connectivity index (χ3n) is 1.07. The molecule has 0 aliphatic carbocycles. The first-order valence-electron chi connectivity index (χ1n) is 2.63. The van der Waals surface area contributed by atoms with E-state index in [0.717, 1.165) is 0 Å². The van der Waals surface area contributed by atoms with Crippen LogP contribution >= 0.6 is 0 Å². The Hall–Kier alpha value is -0.120. The lowest BCUT2D eigenvalue weighted by molar-refractivity contribution is -0.121. The average molecular weight is 118 g/mol. The highest BCUT2D eigenvalue weighted by atomic mass is 16.8. The first kappa shape index (κ1) is 6.01. The van der Waals surface area contributed by atoms with E-state index in [1.807, 2.05) is 6.92 Å². The molecular weight excluding hydrogens is 108 g/mol. The quantitative estimate of drug-likeness (QED) is 0.497. The lowest BCUT2D eigenvalue weighted by Gasteiger charge is -2.03. The minimum Gasteiger partial charge on any atom is -0.353 e. The fourth-order valence-corrected chi connectivity index (χ4v) is 0.630. The summed E-state index contributed by atoms with van der Waals surface area (Å²) < 4.78 is 14.9. The molecule has 1 rings (SSSR count). The highest BCUT2D eigenvalue weighted by molar-refractivity contribution is 4.49. The maximum absolute atomic E-state index is 5.07. The summed E-state index contributed by atoms with van der Waals surface area (Å²) in [5, 5.41) is 0. The molecule has 0 radical (unpaired) electrons. The zero-order valence-corrected chi connectivity index (χ0v) is 5.09. The minimum atomic E-state index is -0.148. The molecule has 3 heteroatoms. The van der Waals surface area contributed by atoms with Gasteiger partial charge in [0.2, 0.25) is 0 Å². The molecule has 8 heavy (non-hydrogen) atoms. The summed E-state index contributed by atoms with van der Waals surface area (Å²) in [7, 11) is 1.60. The Bertz CT molecular complexity index is 74.1. The van der Waals surface area contributed by atoms with Crippen molar-refractivity contribution in [3.63, 3.8) is 0 Å². The van der Waals surface area contributed by atoms with Gasteiger partial charge in [-0.3, -0.25) is 0 Å². The van der Waals surface area contributed by atoms with E-state index in [1.54, 1.807) is 7.11 Å². The van der Waals surface area contributed by atoms with Crippen LogP contribution in [0.15, 0.2) is 0 Å². The molecule has 0 aromatic heterocycles. The van der Waals surface area contributed by atoms with Crippen LogP contribution in [0.2, 0.25) is 0 Å². The molecule has 0 amide bonds. The molecule has 1 fully saturated rings. The Morgan fingerprint density at radius 3 is 2.62 bits per heavy atom. The smallest absolute Gasteiger partial charge is 0.183 e. The Labute approximate surface area is 48.5 Å². The van der Waals surface area contributed by atoms with Gasteiger partial charge in [0.25, 0.3) is 0 Å². The van der Waals surface area contributed by atoms with E-state index >= 15 is 0 Å². The SMILES string of the molecule is COC1COC(C)O1. The number of ether oxygens (including phenoxy) is 3. The Balaban J connectivity index is 2.22. The first-order chi connectivity index (χ1) is 3.83. The van der Waals surface area contributed by atoms with Crippen LogP contribution in [0.5, 0.6) is 0 Å². The standard InChI is InChI=1S/C5H10O3/c1-4-7-3-5(6-2)8-4/h4-5H,3H2,1-2H3. The van der Waals surface area contributed by atoms with Gasteiger partial charge in [-0.1, -0.05) is 0 Å². The summed E-state index contributed by atoms with van der Waals surface area (Å²) in [6, 6.07) is 0. The number of methoxy groups -OCH3 is 1. The predicted octanol–water partition coefficient (Wildman–Crippen LogP) is 0.352. The molecule has 1 aliphatic heterocycles. The van der Waals surface area contributed by atoms with Crippen LogP contribution in [0.1, 0.15) is 6.92 Å². The predicted molar refractivity (Wildman–Crippen MR) is 27.3 cm³/mol. The molecule has 0 bridgehead atoms. The summed E-state index contributed by atoms with van der Waals surface area (Å²) in [5.74, 6) is 0. The summed E-state index contributed by atoms with van der Waals surface area (Å²) in [4.78, 5) is 0. The van der Waals surface area contributed by atoms with Crippen molar-refractivity contribution >= 4 is 0 Å². The molecule has 0 saturated carbocycles. The van der Waals surface area contributed by atoms with Crippen molar-refractivity contribution < 1.29 is 14.2 Å². The fourth-order valence-electron chi connectivity index (χ4n) is 0.630. The van der Waals surface area contributed by atoms with E-state index in [2.05, 4.69) is 0 Å². The van der Waals surface area contributed by atoms with Crippen LogP contribution in [-0.4, -0.2) is 26.3 Å². The van der Waals surface area contributed by atoms with Crippen molar-refractivity contribution in [3.8, 4) is 0 Å². The molecule has 1 saturated heterocycles. The van der Waals surface area contributed by atoms with E-state index in [-0.39, 0.29) is 12.6 Å². The van der Waals surface area contributed by atoms with Gasteiger partial charge in [0, 0.05) is 7.11 Å². The maximum atomic E-state index is 5.07. The van der Waals surface area contributed by atoms with E-state index in [9.17, 15) is 0 Å². The molecule has 2 atom stereocenters. The van der Waals surface area contributed by atoms with Crippen molar-refractivity contribution in [3.05, 3.63) is 0 Å². The topological polar surface area (TPSA) is 27.7 Å². The molecule has 0 N–H and O–H groups in total. The normalized spacial score (nSPS) is 38.2. The minimum absolute atomic E-state index is 0.0973. The largest absolute Gasteiger partial charge is 0.353 e. The van der Waals surface area contributed by atoms with Gasteiger partial charge in [-0.2, -0.15) is 0 Å². The molecular formula is C5H10O3. The maximum Gasteiger partial charge on any atom is 0.183 e. The van der Waals surface area contributed by atoms with Crippen molar-refractivity contribution in [1.29, 1.82) is 0 Å². The Morgan fingerprint density at radius 1 is 1.62 bits per heavy atom. The van der Waals surface area contributed by atoms with Gasteiger partial charge in [0.1, 0.15) is 6.61 Å². The second-order valence-corrected chi connectivity index (χ2v) is 1.70. The fraction of sp³-hybridized carbons (Fsp3) is 1.00. The lowest BCUT2D eigenvalue weighted by atomic mass is 10.7. The summed E-state index contributed by atoms with van der Waals surface area (Å²) >= 11 is 0. The third-order valence-corrected chi connectivity index (χ3v) is 1.07. The summed E-state index contributed by atoms with van der Waals surface area (Å²) in [6.07, 6.45) is -0.245. The molecule has 3 nitrogen and oxygen atoms in total. The van der Waals surface area contributed by atoms with Gasteiger partial charge in [-0.25, -0.2) is 0 Å². The van der Waals surface area contributed by atoms with Crippen LogP contribution in [0, 0.1) is 0 Å². The van der Waals surface area contributed by atoms with Gasteiger partial charge in [-0.15, -0.1) is 0 Å². The first-order valence-corrected chi connectivity index (χ1v) is 2.63. The highest BCUT2D eigenvalue weighted by Crippen LogP contribution is 2.09. The van der Waals surface area contributed by atoms with Crippen molar-refractivity contribution in [2.75, 3.05) is 13.7 Å². The molecule has 1 aliphatic rings. The zero-order chi connectivity index (χ0) is 5.98. The second-order valence-electron chi connectivity index (χ2n) is 1.70. The average Bonchev–Trinajstić information content (AvgIpc) is 2.14. The third kappa shape index (κ3) is 1.18. The van der Waals surface area contributed by atoms with Crippen molar-refractivity contribution in [2.24, 2.45) is 0 Å². The highest BCUT2D eigenvalue weighted by Gasteiger charge is 2.20. The van der Waals surface area contributed by atoms with Crippen LogP contribution < -0.4 is 0 Å². The van der Waals surface area contributed by atoms with Crippen molar-refractivity contribution in [2.45, 2.75) is 19.5 Å². The summed E-state index contributed by atoms with van der Waals surface area (Å²) in [5.41, 5.74) is 0. The molecule has 0 spiro atoms. The van der Waals surface area contributed by atoms with Crippen LogP contribution in [0.3, 0.4) is 0 Å². The van der Waals surface area contributed by atoms with E-state index < -0.39 is 0 Å². The van der Waals surface area contributed by atoms with Gasteiger partial charge in [-0.05, 0) is 6.92 Å². The van der Waals surface area contributed by atoms with Crippen LogP contribution in [0.25, 0.3) is 0 Å². The number of hydrogen-bond acceptors (Lipinski definition) is 3. The second kappa shape index (κ2) is 2.44. The Kier molecular flexibility index (Phi) is 1.83. The van der Waals surface area contributed by atoms with Crippen molar-refractivity contribution in [1.82, 2.24) is 0 Å². The molecule has 1 heterocycles. The van der Waals surface area contributed by atoms with E-state index in [0.29, 0.717) is 6.61 Å². The molecule has 0 aromatic carbocycles. The molecule has 2 unspecified atom stereocenters. The van der Waals surface area contributed by atoms with Crippen LogP contribution in [-0.2, 0) is 14.2 Å². The van der Waals surface area contributed by atoms with Gasteiger partial charge < -0.3 is 14.2 Å². The zero-order valence-electron chi connectivity index (χ0n) is 5.09. The summed E-state index contributed by atoms with van der Waals surface area (Å²) in [6.45, 7) is 2.40. The monoisotopic (exact) mass is 118 g/mol. The van der Waals surface area contributed by atoms with E-state index in [1.165, 1.54) is 0 Å². The van der Waals surface area contributed by atoms with Crippen LogP contribution in [0.4, 0.5) is 0 Å². The molecule has 48 valence electrons. The molecule has 0 aromatic rings. The van der Waals surface area contributed by atoms with Gasteiger partial charge in [0.15, 0.2) is 12.6 Å².